The van der Waals surface area contributed by atoms with E-state index in [1.54, 1.807) is 30.3 Å². The molecular weight excluding hydrogens is 696 g/mol. The number of hydrogen-bond donors (Lipinski definition) is 1. The van der Waals surface area contributed by atoms with E-state index in [-0.39, 0.29) is 22.9 Å². The molecule has 5 aromatic rings. The predicted octanol–water partition coefficient (Wildman–Crippen LogP) is 8.88. The highest BCUT2D eigenvalue weighted by molar-refractivity contribution is 8.00. The Labute approximate surface area is 293 Å². The van der Waals surface area contributed by atoms with Crippen molar-refractivity contribution in [3.8, 4) is 11.5 Å². The van der Waals surface area contributed by atoms with E-state index in [1.807, 2.05) is 43.3 Å². The Balaban J connectivity index is 1.39. The van der Waals surface area contributed by atoms with Crippen molar-refractivity contribution < 1.29 is 28.6 Å². The summed E-state index contributed by atoms with van der Waals surface area (Å²) in [5.74, 6) is -1.52. The Morgan fingerprint density at radius 1 is 0.958 bits per heavy atom. The lowest BCUT2D eigenvalue weighted by molar-refractivity contribution is -0.132. The van der Waals surface area contributed by atoms with Crippen LogP contribution in [0.1, 0.15) is 35.2 Å². The van der Waals surface area contributed by atoms with Gasteiger partial charge in [0.05, 0.1) is 18.2 Å². The van der Waals surface area contributed by atoms with Crippen molar-refractivity contribution in [3.63, 3.8) is 0 Å². The molecule has 1 fully saturated rings. The highest BCUT2D eigenvalue weighted by atomic mass is 35.5. The second-order valence-electron chi connectivity index (χ2n) is 10.5. The summed E-state index contributed by atoms with van der Waals surface area (Å²) in [7, 11) is 0. The maximum absolute atomic E-state index is 13.7. The molecule has 1 aromatic heterocycles. The number of nitrogens with zero attached hydrogens (tertiary/aromatic N) is 3. The van der Waals surface area contributed by atoms with Crippen LogP contribution >= 0.6 is 46.3 Å². The molecule has 1 unspecified atom stereocenters. The summed E-state index contributed by atoms with van der Waals surface area (Å²) >= 11 is 14.8. The van der Waals surface area contributed by atoms with Gasteiger partial charge in [-0.05, 0) is 72.1 Å². The molecule has 1 atom stereocenters. The van der Waals surface area contributed by atoms with Gasteiger partial charge in [0.2, 0.25) is 5.13 Å². The lowest BCUT2D eigenvalue weighted by Crippen LogP contribution is -2.29. The zero-order chi connectivity index (χ0) is 33.8. The number of aliphatic hydroxyl groups excluding tert-OH is 1. The Bertz CT molecular complexity index is 2010. The summed E-state index contributed by atoms with van der Waals surface area (Å²) in [6.45, 7) is 2.43. The SMILES string of the molecule is CCOc1cc(C2C(=C(O)c3ccc(F)cc3)C(=O)C(=O)N2c2nnc(SCc3ccc(Cl)cc3Cl)s2)ccc1OCc1ccccc1. The third kappa shape index (κ3) is 7.19. The molecule has 8 nitrogen and oxygen atoms in total. The number of ketones is 1. The number of benzene rings is 4. The van der Waals surface area contributed by atoms with Crippen LogP contribution in [0.25, 0.3) is 5.76 Å². The fraction of sp³-hybridized carbons (Fsp3) is 0.143. The van der Waals surface area contributed by atoms with Gasteiger partial charge in [0, 0.05) is 21.4 Å². The number of halogens is 3. The molecule has 1 amide bonds. The smallest absolute Gasteiger partial charge is 0.301 e. The van der Waals surface area contributed by atoms with Crippen molar-refractivity contribution in [2.24, 2.45) is 0 Å². The average molecular weight is 723 g/mol. The van der Waals surface area contributed by atoms with Crippen LogP contribution in [0.3, 0.4) is 0 Å². The Morgan fingerprint density at radius 3 is 2.46 bits per heavy atom. The predicted molar refractivity (Wildman–Crippen MR) is 185 cm³/mol. The number of aliphatic hydroxyl groups is 1. The first-order chi connectivity index (χ1) is 23.2. The summed E-state index contributed by atoms with van der Waals surface area (Å²) in [4.78, 5) is 28.6. The highest BCUT2D eigenvalue weighted by Crippen LogP contribution is 2.46. The third-order valence-electron chi connectivity index (χ3n) is 7.35. The van der Waals surface area contributed by atoms with E-state index in [2.05, 4.69) is 10.2 Å². The number of carbonyl (C=O) groups excluding carboxylic acids is 2. The molecule has 1 N–H and O–H groups in total. The molecule has 4 aromatic carbocycles. The average Bonchev–Trinajstić information content (AvgIpc) is 3.66. The van der Waals surface area contributed by atoms with Crippen molar-refractivity contribution in [2.45, 2.75) is 29.7 Å². The van der Waals surface area contributed by atoms with E-state index in [9.17, 15) is 19.1 Å². The summed E-state index contributed by atoms with van der Waals surface area (Å²) in [5.41, 5.74) is 2.22. The summed E-state index contributed by atoms with van der Waals surface area (Å²) in [5, 5.41) is 21.1. The molecule has 0 aliphatic carbocycles. The summed E-state index contributed by atoms with van der Waals surface area (Å²) < 4.78 is 26.3. The number of carbonyl (C=O) groups is 2. The van der Waals surface area contributed by atoms with Crippen LogP contribution in [0.5, 0.6) is 11.5 Å². The van der Waals surface area contributed by atoms with Gasteiger partial charge in [0.1, 0.15) is 18.2 Å². The molecule has 13 heteroatoms. The number of rotatable bonds is 11. The third-order valence-corrected chi connectivity index (χ3v) is 10.0. The molecule has 0 saturated carbocycles. The van der Waals surface area contributed by atoms with Gasteiger partial charge >= 0.3 is 5.91 Å². The first-order valence-electron chi connectivity index (χ1n) is 14.6. The first-order valence-corrected chi connectivity index (χ1v) is 17.2. The van der Waals surface area contributed by atoms with Crippen LogP contribution in [-0.4, -0.2) is 33.6 Å². The second kappa shape index (κ2) is 14.8. The molecule has 2 heterocycles. The lowest BCUT2D eigenvalue weighted by atomic mass is 9.95. The fourth-order valence-corrected chi connectivity index (χ4v) is 7.49. The van der Waals surface area contributed by atoms with E-state index < -0.39 is 29.3 Å². The van der Waals surface area contributed by atoms with Crippen molar-refractivity contribution >= 4 is 68.9 Å². The van der Waals surface area contributed by atoms with Crippen LogP contribution in [0.15, 0.2) is 101 Å². The molecular formula is C35H26Cl2FN3O5S2. The highest BCUT2D eigenvalue weighted by Gasteiger charge is 2.48. The molecule has 0 spiro atoms. The summed E-state index contributed by atoms with van der Waals surface area (Å²) in [6, 6.07) is 23.8. The topological polar surface area (TPSA) is 102 Å². The number of ether oxygens (including phenoxy) is 2. The van der Waals surface area contributed by atoms with Gasteiger partial charge in [-0.1, -0.05) is 88.8 Å². The zero-order valence-corrected chi connectivity index (χ0v) is 28.4. The quantitative estimate of drug-likeness (QED) is 0.0475. The molecule has 6 rings (SSSR count). The largest absolute Gasteiger partial charge is 0.507 e. The molecule has 1 saturated heterocycles. The van der Waals surface area contributed by atoms with E-state index in [0.29, 0.717) is 43.8 Å². The lowest BCUT2D eigenvalue weighted by Gasteiger charge is -2.23. The Hall–Kier alpha value is -4.42. The minimum absolute atomic E-state index is 0.146. The maximum atomic E-state index is 13.7. The van der Waals surface area contributed by atoms with Gasteiger partial charge in [-0.15, -0.1) is 10.2 Å². The fourth-order valence-electron chi connectivity index (χ4n) is 5.06. The molecule has 1 aliphatic heterocycles. The van der Waals surface area contributed by atoms with Gasteiger partial charge < -0.3 is 14.6 Å². The number of aromatic nitrogens is 2. The Morgan fingerprint density at radius 2 is 1.73 bits per heavy atom. The number of hydrogen-bond acceptors (Lipinski definition) is 9. The monoisotopic (exact) mass is 721 g/mol. The van der Waals surface area contributed by atoms with Crippen molar-refractivity contribution in [2.75, 3.05) is 11.5 Å². The number of anilines is 1. The van der Waals surface area contributed by atoms with Gasteiger partial charge in [0.15, 0.2) is 15.8 Å². The zero-order valence-electron chi connectivity index (χ0n) is 25.2. The van der Waals surface area contributed by atoms with E-state index in [4.69, 9.17) is 32.7 Å². The molecule has 48 heavy (non-hydrogen) atoms. The number of amides is 1. The van der Waals surface area contributed by atoms with Crippen LogP contribution < -0.4 is 14.4 Å². The van der Waals surface area contributed by atoms with Crippen LogP contribution in [0.4, 0.5) is 9.52 Å². The molecule has 244 valence electrons. The number of thioether (sulfide) groups is 1. The molecule has 1 aliphatic rings. The standard InChI is InChI=1S/C35H26Cl2FN3O5S2/c1-2-45-28-16-22(11-15-27(28)46-18-20-6-4-3-5-7-20)30-29(31(42)21-9-13-25(38)14-10-21)32(43)33(44)41(30)34-39-40-35(48-34)47-19-23-8-12-24(36)17-26(23)37/h3-17,30,42H,2,18-19H2,1H3. The minimum Gasteiger partial charge on any atom is -0.507 e. The van der Waals surface area contributed by atoms with Gasteiger partial charge in [-0.25, -0.2) is 4.39 Å². The maximum Gasteiger partial charge on any atom is 0.301 e. The van der Waals surface area contributed by atoms with Crippen LogP contribution in [0, 0.1) is 5.82 Å². The van der Waals surface area contributed by atoms with Gasteiger partial charge in [-0.3, -0.25) is 14.5 Å². The van der Waals surface area contributed by atoms with Gasteiger partial charge in [-0.2, -0.15) is 0 Å². The van der Waals surface area contributed by atoms with E-state index >= 15 is 0 Å². The van der Waals surface area contributed by atoms with E-state index in [0.717, 1.165) is 34.6 Å². The number of Topliss-reactive ketones (excluding diaryl/α,β-unsaturated/α-hetero) is 1. The molecule has 0 bridgehead atoms. The van der Waals surface area contributed by atoms with Crippen molar-refractivity contribution in [1.29, 1.82) is 0 Å². The normalized spacial score (nSPS) is 15.6. The van der Waals surface area contributed by atoms with Crippen LogP contribution in [0.2, 0.25) is 10.0 Å². The summed E-state index contributed by atoms with van der Waals surface area (Å²) in [6.07, 6.45) is 0. The second-order valence-corrected chi connectivity index (χ2v) is 13.5. The van der Waals surface area contributed by atoms with E-state index in [1.165, 1.54) is 28.8 Å². The molecule has 0 radical (unpaired) electrons. The van der Waals surface area contributed by atoms with Crippen molar-refractivity contribution in [1.82, 2.24) is 10.2 Å². The van der Waals surface area contributed by atoms with Gasteiger partial charge in [0.25, 0.3) is 5.78 Å². The van der Waals surface area contributed by atoms with Crippen LogP contribution in [-0.2, 0) is 21.9 Å². The minimum atomic E-state index is -1.12. The van der Waals surface area contributed by atoms with Crippen molar-refractivity contribution in [3.05, 3.63) is 135 Å². The first kappa shape index (κ1) is 33.5. The Kier molecular flexibility index (Phi) is 10.3.